The van der Waals surface area contributed by atoms with E-state index in [9.17, 15) is 9.59 Å². The van der Waals surface area contributed by atoms with E-state index in [4.69, 9.17) is 4.74 Å². The molecule has 30 heavy (non-hydrogen) atoms. The quantitative estimate of drug-likeness (QED) is 0.662. The van der Waals surface area contributed by atoms with Crippen molar-refractivity contribution < 1.29 is 14.3 Å². The molecule has 2 N–H and O–H groups in total. The minimum Gasteiger partial charge on any atom is -0.497 e. The first-order valence-electron chi connectivity index (χ1n) is 10.7. The van der Waals surface area contributed by atoms with Gasteiger partial charge in [0.2, 0.25) is 11.8 Å². The molecule has 0 spiro atoms. The number of methoxy groups -OCH3 is 1. The van der Waals surface area contributed by atoms with Gasteiger partial charge in [-0.05, 0) is 55.2 Å². The van der Waals surface area contributed by atoms with Gasteiger partial charge in [0.05, 0.1) is 13.5 Å². The summed E-state index contributed by atoms with van der Waals surface area (Å²) in [7, 11) is 1.60. The van der Waals surface area contributed by atoms with Crippen LogP contribution >= 0.6 is 0 Å². The molecule has 2 aromatic carbocycles. The van der Waals surface area contributed by atoms with E-state index in [2.05, 4.69) is 21.6 Å². The first kappa shape index (κ1) is 21.7. The summed E-state index contributed by atoms with van der Waals surface area (Å²) in [5, 5.41) is 5.87. The van der Waals surface area contributed by atoms with Gasteiger partial charge in [-0.2, -0.15) is 0 Å². The highest BCUT2D eigenvalue weighted by Gasteiger charge is 2.21. The third-order valence-corrected chi connectivity index (χ3v) is 5.31. The fourth-order valence-corrected chi connectivity index (χ4v) is 3.76. The molecular weight excluding hydrogens is 378 g/mol. The van der Waals surface area contributed by atoms with Crippen LogP contribution < -0.4 is 20.3 Å². The predicted molar refractivity (Wildman–Crippen MR) is 120 cm³/mol. The third-order valence-electron chi connectivity index (χ3n) is 5.31. The van der Waals surface area contributed by atoms with Crippen molar-refractivity contribution >= 4 is 23.2 Å². The second-order valence-electron chi connectivity index (χ2n) is 7.67. The highest BCUT2D eigenvalue weighted by molar-refractivity contribution is 5.97. The maximum atomic E-state index is 12.9. The van der Waals surface area contributed by atoms with Crippen LogP contribution in [0.2, 0.25) is 0 Å². The molecule has 0 radical (unpaired) electrons. The summed E-state index contributed by atoms with van der Waals surface area (Å²) >= 11 is 0. The van der Waals surface area contributed by atoms with Gasteiger partial charge in [-0.3, -0.25) is 9.59 Å². The van der Waals surface area contributed by atoms with Crippen molar-refractivity contribution in [3.05, 3.63) is 54.1 Å². The standard InChI is InChI=1S/C24H31N3O3/c1-3-8-22(26-23(28)16-18-9-6-12-21(15-18)30-2)24(29)25-19-10-7-11-20(17-19)27-13-4-5-14-27/h6-7,9-12,15,17,22H,3-5,8,13-14,16H2,1-2H3,(H,25,29)(H,26,28). The lowest BCUT2D eigenvalue weighted by atomic mass is 10.1. The van der Waals surface area contributed by atoms with Gasteiger partial charge in [0.1, 0.15) is 11.8 Å². The second-order valence-corrected chi connectivity index (χ2v) is 7.67. The summed E-state index contributed by atoms with van der Waals surface area (Å²) in [6, 6.07) is 14.8. The van der Waals surface area contributed by atoms with Gasteiger partial charge in [0.15, 0.2) is 0 Å². The molecule has 160 valence electrons. The zero-order chi connectivity index (χ0) is 21.3. The van der Waals surface area contributed by atoms with Gasteiger partial charge in [0, 0.05) is 24.5 Å². The van der Waals surface area contributed by atoms with E-state index < -0.39 is 6.04 Å². The van der Waals surface area contributed by atoms with Gasteiger partial charge in [-0.25, -0.2) is 0 Å². The normalized spacial score (nSPS) is 14.3. The Labute approximate surface area is 178 Å². The van der Waals surface area contributed by atoms with Crippen LogP contribution in [-0.2, 0) is 16.0 Å². The Balaban J connectivity index is 1.61. The number of carbonyl (C=O) groups excluding carboxylic acids is 2. The average Bonchev–Trinajstić information content (AvgIpc) is 3.29. The predicted octanol–water partition coefficient (Wildman–Crippen LogP) is 3.76. The van der Waals surface area contributed by atoms with Crippen molar-refractivity contribution in [2.24, 2.45) is 0 Å². The summed E-state index contributed by atoms with van der Waals surface area (Å²) < 4.78 is 5.21. The minimum absolute atomic E-state index is 0.178. The summed E-state index contributed by atoms with van der Waals surface area (Å²) in [5.74, 6) is 0.345. The monoisotopic (exact) mass is 409 g/mol. The van der Waals surface area contributed by atoms with E-state index in [0.29, 0.717) is 12.2 Å². The maximum Gasteiger partial charge on any atom is 0.246 e. The molecule has 0 bridgehead atoms. The SMILES string of the molecule is CCCC(NC(=O)Cc1cccc(OC)c1)C(=O)Nc1cccc(N2CCCC2)c1. The van der Waals surface area contributed by atoms with Crippen LogP contribution in [0.5, 0.6) is 5.75 Å². The van der Waals surface area contributed by atoms with Crippen molar-refractivity contribution in [2.75, 3.05) is 30.4 Å². The number of anilines is 2. The Morgan fingerprint density at radius 2 is 1.87 bits per heavy atom. The molecule has 1 heterocycles. The maximum absolute atomic E-state index is 12.9. The van der Waals surface area contributed by atoms with Crippen molar-refractivity contribution in [3.63, 3.8) is 0 Å². The number of hydrogen-bond acceptors (Lipinski definition) is 4. The number of hydrogen-bond donors (Lipinski definition) is 2. The van der Waals surface area contributed by atoms with Crippen LogP contribution in [0, 0.1) is 0 Å². The molecule has 2 amide bonds. The molecule has 6 heteroatoms. The number of benzene rings is 2. The van der Waals surface area contributed by atoms with E-state index in [1.807, 2.05) is 49.4 Å². The van der Waals surface area contributed by atoms with Crippen LogP contribution in [0.4, 0.5) is 11.4 Å². The number of nitrogens with one attached hydrogen (secondary N) is 2. The summed E-state index contributed by atoms with van der Waals surface area (Å²) in [6.45, 7) is 4.11. The number of rotatable bonds is 9. The van der Waals surface area contributed by atoms with Gasteiger partial charge in [-0.1, -0.05) is 31.5 Å². The molecular formula is C24H31N3O3. The van der Waals surface area contributed by atoms with Gasteiger partial charge >= 0.3 is 0 Å². The Morgan fingerprint density at radius 3 is 2.60 bits per heavy atom. The van der Waals surface area contributed by atoms with Crippen LogP contribution in [0.25, 0.3) is 0 Å². The Kier molecular flexibility index (Phi) is 7.71. The molecule has 0 saturated carbocycles. The smallest absolute Gasteiger partial charge is 0.246 e. The highest BCUT2D eigenvalue weighted by atomic mass is 16.5. The van der Waals surface area contributed by atoms with Crippen molar-refractivity contribution in [2.45, 2.75) is 45.1 Å². The molecule has 1 aliphatic rings. The lowest BCUT2D eigenvalue weighted by molar-refractivity contribution is -0.126. The molecule has 1 fully saturated rings. The molecule has 2 aromatic rings. The molecule has 1 aliphatic heterocycles. The van der Waals surface area contributed by atoms with Gasteiger partial charge < -0.3 is 20.3 Å². The summed E-state index contributed by atoms with van der Waals surface area (Å²) in [5.41, 5.74) is 2.73. The molecule has 6 nitrogen and oxygen atoms in total. The number of ether oxygens (including phenoxy) is 1. The van der Waals surface area contributed by atoms with Crippen LogP contribution in [-0.4, -0.2) is 38.1 Å². The lowest BCUT2D eigenvalue weighted by Crippen LogP contribution is -2.44. The Hall–Kier alpha value is -3.02. The lowest BCUT2D eigenvalue weighted by Gasteiger charge is -2.20. The molecule has 0 aliphatic carbocycles. The van der Waals surface area contributed by atoms with Crippen LogP contribution in [0.1, 0.15) is 38.2 Å². The zero-order valence-electron chi connectivity index (χ0n) is 17.8. The topological polar surface area (TPSA) is 70.7 Å². The summed E-state index contributed by atoms with van der Waals surface area (Å²) in [6.07, 6.45) is 3.99. The average molecular weight is 410 g/mol. The van der Waals surface area contributed by atoms with Crippen LogP contribution in [0.15, 0.2) is 48.5 Å². The third kappa shape index (κ3) is 5.99. The van der Waals surface area contributed by atoms with Gasteiger partial charge in [-0.15, -0.1) is 0 Å². The van der Waals surface area contributed by atoms with E-state index in [0.717, 1.165) is 36.4 Å². The molecule has 1 saturated heterocycles. The Bertz CT molecular complexity index is 862. The summed E-state index contributed by atoms with van der Waals surface area (Å²) in [4.78, 5) is 27.7. The van der Waals surface area contributed by atoms with Crippen molar-refractivity contribution in [1.29, 1.82) is 0 Å². The molecule has 1 unspecified atom stereocenters. The van der Waals surface area contributed by atoms with E-state index >= 15 is 0 Å². The fraction of sp³-hybridized carbons (Fsp3) is 0.417. The fourth-order valence-electron chi connectivity index (χ4n) is 3.76. The number of nitrogens with zero attached hydrogens (tertiary/aromatic N) is 1. The van der Waals surface area contributed by atoms with Crippen LogP contribution in [0.3, 0.4) is 0 Å². The second kappa shape index (κ2) is 10.7. The highest BCUT2D eigenvalue weighted by Crippen LogP contribution is 2.23. The van der Waals surface area contributed by atoms with E-state index in [1.54, 1.807) is 7.11 Å². The van der Waals surface area contributed by atoms with E-state index in [1.165, 1.54) is 12.8 Å². The molecule has 0 aromatic heterocycles. The largest absolute Gasteiger partial charge is 0.497 e. The number of carbonyl (C=O) groups is 2. The van der Waals surface area contributed by atoms with Gasteiger partial charge in [0.25, 0.3) is 0 Å². The zero-order valence-corrected chi connectivity index (χ0v) is 17.8. The van der Waals surface area contributed by atoms with Crippen molar-refractivity contribution in [1.82, 2.24) is 5.32 Å². The first-order chi connectivity index (χ1) is 14.6. The molecule has 3 rings (SSSR count). The minimum atomic E-state index is -0.566. The van der Waals surface area contributed by atoms with Crippen molar-refractivity contribution in [3.8, 4) is 5.75 Å². The Morgan fingerprint density at radius 1 is 1.10 bits per heavy atom. The first-order valence-corrected chi connectivity index (χ1v) is 10.7. The number of amides is 2. The van der Waals surface area contributed by atoms with E-state index in [-0.39, 0.29) is 18.2 Å². The molecule has 1 atom stereocenters.